The van der Waals surface area contributed by atoms with Crippen LogP contribution in [0.15, 0.2) is 0 Å². The van der Waals surface area contributed by atoms with Gasteiger partial charge < -0.3 is 5.73 Å². The van der Waals surface area contributed by atoms with Crippen molar-refractivity contribution in [2.45, 2.75) is 45.4 Å². The number of nitrogens with two attached hydrogens (primary N) is 1. The van der Waals surface area contributed by atoms with Crippen LogP contribution in [0.2, 0.25) is 0 Å². The lowest BCUT2D eigenvalue weighted by Gasteiger charge is -2.13. The van der Waals surface area contributed by atoms with Gasteiger partial charge in [-0.05, 0) is 12.3 Å². The molecule has 1 rings (SSSR count). The van der Waals surface area contributed by atoms with Gasteiger partial charge in [0.25, 0.3) is 0 Å². The van der Waals surface area contributed by atoms with Gasteiger partial charge in [0.1, 0.15) is 5.78 Å². The summed E-state index contributed by atoms with van der Waals surface area (Å²) >= 11 is 0. The summed E-state index contributed by atoms with van der Waals surface area (Å²) in [5, 5.41) is 0. The number of ketones is 1. The number of rotatable bonds is 5. The van der Waals surface area contributed by atoms with E-state index in [1.54, 1.807) is 0 Å². The average Bonchev–Trinajstić information content (AvgIpc) is 2.59. The third kappa shape index (κ3) is 3.11. The Morgan fingerprint density at radius 1 is 1.46 bits per heavy atom. The van der Waals surface area contributed by atoms with Crippen LogP contribution >= 0.6 is 0 Å². The van der Waals surface area contributed by atoms with Crippen LogP contribution in [0.25, 0.3) is 0 Å². The van der Waals surface area contributed by atoms with Crippen molar-refractivity contribution in [2.24, 2.45) is 17.6 Å². The van der Waals surface area contributed by atoms with Crippen LogP contribution in [0.3, 0.4) is 0 Å². The predicted molar refractivity (Wildman–Crippen MR) is 54.4 cm³/mol. The molecule has 0 saturated heterocycles. The van der Waals surface area contributed by atoms with Crippen molar-refractivity contribution in [3.8, 4) is 0 Å². The number of hydrogen-bond acceptors (Lipinski definition) is 2. The molecular formula is C11H21NO. The minimum Gasteiger partial charge on any atom is -0.330 e. The summed E-state index contributed by atoms with van der Waals surface area (Å²) in [6.45, 7) is 2.58. The quantitative estimate of drug-likeness (QED) is 0.709. The van der Waals surface area contributed by atoms with E-state index in [1.807, 2.05) is 6.92 Å². The lowest BCUT2D eigenvalue weighted by molar-refractivity contribution is -0.123. The standard InChI is InChI=1S/C11H21NO/c1-2-10(8-12)11(13)7-9-5-3-4-6-9/h9-10H,2-8,12H2,1H3. The Hall–Kier alpha value is -0.370. The van der Waals surface area contributed by atoms with E-state index in [-0.39, 0.29) is 5.92 Å². The van der Waals surface area contributed by atoms with E-state index in [0.717, 1.165) is 12.8 Å². The van der Waals surface area contributed by atoms with E-state index in [1.165, 1.54) is 25.7 Å². The summed E-state index contributed by atoms with van der Waals surface area (Å²) in [7, 11) is 0. The van der Waals surface area contributed by atoms with Gasteiger partial charge in [0.05, 0.1) is 0 Å². The molecule has 0 aromatic carbocycles. The minimum atomic E-state index is 0.126. The second-order valence-electron chi connectivity index (χ2n) is 4.16. The highest BCUT2D eigenvalue weighted by Crippen LogP contribution is 2.28. The largest absolute Gasteiger partial charge is 0.330 e. The van der Waals surface area contributed by atoms with Gasteiger partial charge in [0, 0.05) is 18.9 Å². The molecule has 0 amide bonds. The second-order valence-corrected chi connectivity index (χ2v) is 4.16. The van der Waals surface area contributed by atoms with Gasteiger partial charge >= 0.3 is 0 Å². The average molecular weight is 183 g/mol. The molecule has 0 heterocycles. The summed E-state index contributed by atoms with van der Waals surface area (Å²) in [6.07, 6.45) is 6.84. The van der Waals surface area contributed by atoms with Crippen LogP contribution in [0.4, 0.5) is 0 Å². The van der Waals surface area contributed by atoms with Crippen molar-refractivity contribution in [2.75, 3.05) is 6.54 Å². The summed E-state index contributed by atoms with van der Waals surface area (Å²) in [6, 6.07) is 0. The van der Waals surface area contributed by atoms with Gasteiger partial charge in [0.2, 0.25) is 0 Å². The van der Waals surface area contributed by atoms with E-state index >= 15 is 0 Å². The molecular weight excluding hydrogens is 162 g/mol. The highest BCUT2D eigenvalue weighted by Gasteiger charge is 2.22. The molecule has 1 fully saturated rings. The Labute approximate surface area is 80.9 Å². The van der Waals surface area contributed by atoms with Gasteiger partial charge in [-0.1, -0.05) is 32.6 Å². The molecule has 0 aromatic heterocycles. The Kier molecular flexibility index (Phi) is 4.43. The van der Waals surface area contributed by atoms with Crippen LogP contribution in [0.1, 0.15) is 45.4 Å². The Morgan fingerprint density at radius 3 is 2.54 bits per heavy atom. The maximum absolute atomic E-state index is 11.7. The van der Waals surface area contributed by atoms with Crippen molar-refractivity contribution >= 4 is 5.78 Å². The Bertz CT molecular complexity index is 157. The van der Waals surface area contributed by atoms with Gasteiger partial charge in [-0.25, -0.2) is 0 Å². The maximum atomic E-state index is 11.7. The summed E-state index contributed by atoms with van der Waals surface area (Å²) in [4.78, 5) is 11.7. The van der Waals surface area contributed by atoms with Crippen LogP contribution in [0.5, 0.6) is 0 Å². The molecule has 1 aliphatic rings. The first kappa shape index (κ1) is 10.7. The van der Waals surface area contributed by atoms with Gasteiger partial charge in [0.15, 0.2) is 0 Å². The second kappa shape index (κ2) is 5.38. The first-order valence-corrected chi connectivity index (χ1v) is 5.50. The molecule has 2 heteroatoms. The fourth-order valence-corrected chi connectivity index (χ4v) is 2.19. The molecule has 2 N–H and O–H groups in total. The van der Waals surface area contributed by atoms with Gasteiger partial charge in [-0.2, -0.15) is 0 Å². The molecule has 0 aromatic rings. The van der Waals surface area contributed by atoms with Crippen LogP contribution in [0, 0.1) is 11.8 Å². The fourth-order valence-electron chi connectivity index (χ4n) is 2.19. The van der Waals surface area contributed by atoms with E-state index in [0.29, 0.717) is 18.2 Å². The first-order valence-electron chi connectivity index (χ1n) is 5.50. The molecule has 1 unspecified atom stereocenters. The van der Waals surface area contributed by atoms with Crippen molar-refractivity contribution < 1.29 is 4.79 Å². The van der Waals surface area contributed by atoms with E-state index in [2.05, 4.69) is 0 Å². The zero-order chi connectivity index (χ0) is 9.68. The molecule has 2 nitrogen and oxygen atoms in total. The predicted octanol–water partition coefficient (Wildman–Crippen LogP) is 2.12. The molecule has 1 atom stereocenters. The van der Waals surface area contributed by atoms with Crippen molar-refractivity contribution in [3.05, 3.63) is 0 Å². The minimum absolute atomic E-state index is 0.126. The van der Waals surface area contributed by atoms with Crippen LogP contribution < -0.4 is 5.73 Å². The van der Waals surface area contributed by atoms with Crippen molar-refractivity contribution in [1.29, 1.82) is 0 Å². The van der Waals surface area contributed by atoms with Crippen LogP contribution in [-0.2, 0) is 4.79 Å². The van der Waals surface area contributed by atoms with Gasteiger partial charge in [-0.15, -0.1) is 0 Å². The van der Waals surface area contributed by atoms with Crippen molar-refractivity contribution in [1.82, 2.24) is 0 Å². The maximum Gasteiger partial charge on any atom is 0.137 e. The monoisotopic (exact) mass is 183 g/mol. The SMILES string of the molecule is CCC(CN)C(=O)CC1CCCC1. The molecule has 0 radical (unpaired) electrons. The molecule has 0 spiro atoms. The first-order chi connectivity index (χ1) is 6.27. The normalized spacial score (nSPS) is 20.5. The van der Waals surface area contributed by atoms with E-state index < -0.39 is 0 Å². The Morgan fingerprint density at radius 2 is 2.08 bits per heavy atom. The summed E-state index contributed by atoms with van der Waals surface area (Å²) in [5.41, 5.74) is 5.54. The van der Waals surface area contributed by atoms with E-state index in [4.69, 9.17) is 5.73 Å². The fraction of sp³-hybridized carbons (Fsp3) is 0.909. The molecule has 0 bridgehead atoms. The van der Waals surface area contributed by atoms with E-state index in [9.17, 15) is 4.79 Å². The zero-order valence-corrected chi connectivity index (χ0v) is 8.59. The lowest BCUT2D eigenvalue weighted by Crippen LogP contribution is -2.24. The third-order valence-electron chi connectivity index (χ3n) is 3.20. The molecule has 1 aliphatic carbocycles. The summed E-state index contributed by atoms with van der Waals surface area (Å²) in [5.74, 6) is 1.20. The number of carbonyl (C=O) groups excluding carboxylic acids is 1. The van der Waals surface area contributed by atoms with Gasteiger partial charge in [-0.3, -0.25) is 4.79 Å². The zero-order valence-electron chi connectivity index (χ0n) is 8.59. The topological polar surface area (TPSA) is 43.1 Å². The number of Topliss-reactive ketones (excluding diaryl/α,β-unsaturated/α-hetero) is 1. The summed E-state index contributed by atoms with van der Waals surface area (Å²) < 4.78 is 0. The smallest absolute Gasteiger partial charge is 0.137 e. The Balaban J connectivity index is 2.29. The number of carbonyl (C=O) groups is 1. The molecule has 0 aliphatic heterocycles. The molecule has 13 heavy (non-hydrogen) atoms. The lowest BCUT2D eigenvalue weighted by atomic mass is 9.92. The third-order valence-corrected chi connectivity index (χ3v) is 3.20. The van der Waals surface area contributed by atoms with Crippen LogP contribution in [-0.4, -0.2) is 12.3 Å². The highest BCUT2D eigenvalue weighted by atomic mass is 16.1. The molecule has 76 valence electrons. The number of hydrogen-bond donors (Lipinski definition) is 1. The molecule has 1 saturated carbocycles. The van der Waals surface area contributed by atoms with Crippen molar-refractivity contribution in [3.63, 3.8) is 0 Å². The highest BCUT2D eigenvalue weighted by molar-refractivity contribution is 5.81.